The molecule has 0 unspecified atom stereocenters. The summed E-state index contributed by atoms with van der Waals surface area (Å²) in [6, 6.07) is 11.4. The molecule has 1 aliphatic rings. The number of benzene rings is 2. The van der Waals surface area contributed by atoms with E-state index in [-0.39, 0.29) is 11.9 Å². The first-order valence-corrected chi connectivity index (χ1v) is 11.5. The number of hydrogen-bond acceptors (Lipinski definition) is 7. The molecule has 33 heavy (non-hydrogen) atoms. The predicted molar refractivity (Wildman–Crippen MR) is 127 cm³/mol. The Morgan fingerprint density at radius 2 is 2.03 bits per heavy atom. The first-order chi connectivity index (χ1) is 15.9. The Kier molecular flexibility index (Phi) is 7.30. The molecule has 4 rings (SSSR count). The van der Waals surface area contributed by atoms with Crippen LogP contribution in [-0.4, -0.2) is 46.6 Å². The second-order valence-corrected chi connectivity index (χ2v) is 8.89. The van der Waals surface area contributed by atoms with Crippen LogP contribution < -0.4 is 9.47 Å². The number of carbonyl (C=O) groups excluding carboxylic acids is 1. The molecule has 0 saturated heterocycles. The second kappa shape index (κ2) is 10.4. The van der Waals surface area contributed by atoms with Gasteiger partial charge in [0, 0.05) is 36.2 Å². The van der Waals surface area contributed by atoms with Crippen LogP contribution in [0.25, 0.3) is 22.8 Å². The fourth-order valence-electron chi connectivity index (χ4n) is 3.75. The van der Waals surface area contributed by atoms with Gasteiger partial charge in [0.1, 0.15) is 23.9 Å². The molecule has 8 heteroatoms. The van der Waals surface area contributed by atoms with Crippen molar-refractivity contribution in [3.8, 4) is 34.3 Å². The molecule has 2 aromatic carbocycles. The molecule has 0 radical (unpaired) electrons. The molecule has 0 amide bonds. The Labute approximate surface area is 198 Å². The van der Waals surface area contributed by atoms with Crippen LogP contribution in [0, 0.1) is 0 Å². The molecule has 1 aromatic heterocycles. The van der Waals surface area contributed by atoms with Crippen LogP contribution >= 0.6 is 11.6 Å². The number of rotatable bonds is 8. The van der Waals surface area contributed by atoms with Gasteiger partial charge in [0.15, 0.2) is 0 Å². The fourth-order valence-corrected chi connectivity index (χ4v) is 3.97. The summed E-state index contributed by atoms with van der Waals surface area (Å²) in [7, 11) is 0. The van der Waals surface area contributed by atoms with Crippen molar-refractivity contribution >= 4 is 17.4 Å². The maximum atomic E-state index is 11.2. The molecule has 0 aliphatic carbocycles. The summed E-state index contributed by atoms with van der Waals surface area (Å²) in [5.41, 5.74) is 2.65. The second-order valence-electron chi connectivity index (χ2n) is 8.49. The summed E-state index contributed by atoms with van der Waals surface area (Å²) in [4.78, 5) is 18.1. The van der Waals surface area contributed by atoms with Gasteiger partial charge in [0.05, 0.1) is 11.1 Å². The Hall–Kier alpha value is -2.90. The van der Waals surface area contributed by atoms with Gasteiger partial charge in [0.2, 0.25) is 5.82 Å². The van der Waals surface area contributed by atoms with E-state index < -0.39 is 0 Å². The van der Waals surface area contributed by atoms with Crippen molar-refractivity contribution in [2.24, 2.45) is 0 Å². The fraction of sp³-hybridized carbons (Fsp3) is 0.400. The van der Waals surface area contributed by atoms with Crippen LogP contribution in [-0.2, 0) is 11.3 Å². The Bertz CT molecular complexity index is 1130. The minimum absolute atomic E-state index is 0.0337. The number of Topliss-reactive ketones (excluding diaryl/α,β-unsaturated/α-hetero) is 1. The monoisotopic (exact) mass is 469 g/mol. The van der Waals surface area contributed by atoms with E-state index in [1.807, 2.05) is 38.1 Å². The SMILES string of the molecule is CC(=O)CCCN1CCOc2cc(-c3noc(-c4ccc(OC(C)C)c(Cl)c4)n3)ccc2C1. The first kappa shape index (κ1) is 23.3. The van der Waals surface area contributed by atoms with Crippen molar-refractivity contribution in [2.75, 3.05) is 19.7 Å². The molecule has 1 aliphatic heterocycles. The first-order valence-electron chi connectivity index (χ1n) is 11.2. The van der Waals surface area contributed by atoms with Crippen LogP contribution in [0.3, 0.4) is 0 Å². The van der Waals surface area contributed by atoms with Crippen molar-refractivity contribution in [2.45, 2.75) is 46.3 Å². The lowest BCUT2D eigenvalue weighted by atomic mass is 10.1. The number of aromatic nitrogens is 2. The van der Waals surface area contributed by atoms with E-state index in [9.17, 15) is 4.79 Å². The summed E-state index contributed by atoms with van der Waals surface area (Å²) in [6.07, 6.45) is 1.51. The zero-order valence-corrected chi connectivity index (χ0v) is 19.9. The van der Waals surface area contributed by atoms with E-state index in [0.717, 1.165) is 48.5 Å². The van der Waals surface area contributed by atoms with Gasteiger partial charge in [-0.15, -0.1) is 0 Å². The Balaban J connectivity index is 1.48. The van der Waals surface area contributed by atoms with Crippen LogP contribution in [0.5, 0.6) is 11.5 Å². The predicted octanol–water partition coefficient (Wildman–Crippen LogP) is 5.41. The summed E-state index contributed by atoms with van der Waals surface area (Å²) >= 11 is 6.35. The number of hydrogen-bond donors (Lipinski definition) is 0. The van der Waals surface area contributed by atoms with E-state index >= 15 is 0 Å². The largest absolute Gasteiger partial charge is 0.492 e. The highest BCUT2D eigenvalue weighted by atomic mass is 35.5. The minimum Gasteiger partial charge on any atom is -0.492 e. The summed E-state index contributed by atoms with van der Waals surface area (Å²) in [5, 5.41) is 4.64. The van der Waals surface area contributed by atoms with Gasteiger partial charge < -0.3 is 18.8 Å². The van der Waals surface area contributed by atoms with E-state index in [4.69, 9.17) is 25.6 Å². The topological polar surface area (TPSA) is 77.7 Å². The summed E-state index contributed by atoms with van der Waals surface area (Å²) in [6.45, 7) is 8.62. The molecule has 0 N–H and O–H groups in total. The molecule has 2 heterocycles. The third-order valence-electron chi connectivity index (χ3n) is 5.36. The van der Waals surface area contributed by atoms with Crippen molar-refractivity contribution in [3.05, 3.63) is 47.0 Å². The standard InChI is InChI=1S/C25H28ClN3O4/c1-16(2)32-22-9-8-19(13-21(22)26)25-27-24(28-33-25)18-6-7-20-15-29(10-4-5-17(3)30)11-12-31-23(20)14-18/h6-9,13-14,16H,4-5,10-12,15H2,1-3H3. The number of halogens is 1. The lowest BCUT2D eigenvalue weighted by Gasteiger charge is -2.18. The van der Waals surface area contributed by atoms with Gasteiger partial charge in [-0.1, -0.05) is 28.9 Å². The number of nitrogens with zero attached hydrogens (tertiary/aromatic N) is 3. The average molecular weight is 470 g/mol. The highest BCUT2D eigenvalue weighted by Crippen LogP contribution is 2.33. The summed E-state index contributed by atoms with van der Waals surface area (Å²) in [5.74, 6) is 2.54. The third-order valence-corrected chi connectivity index (χ3v) is 5.65. The zero-order chi connectivity index (χ0) is 23.4. The van der Waals surface area contributed by atoms with Crippen molar-refractivity contribution in [3.63, 3.8) is 0 Å². The van der Waals surface area contributed by atoms with E-state index in [1.165, 1.54) is 0 Å². The number of carbonyl (C=O) groups is 1. The quantitative estimate of drug-likeness (QED) is 0.436. The van der Waals surface area contributed by atoms with Gasteiger partial charge in [-0.25, -0.2) is 0 Å². The smallest absolute Gasteiger partial charge is 0.258 e. The highest BCUT2D eigenvalue weighted by molar-refractivity contribution is 6.32. The maximum absolute atomic E-state index is 11.2. The zero-order valence-electron chi connectivity index (χ0n) is 19.1. The van der Waals surface area contributed by atoms with Crippen LogP contribution in [0.1, 0.15) is 39.2 Å². The van der Waals surface area contributed by atoms with E-state index in [1.54, 1.807) is 19.1 Å². The number of ether oxygens (including phenoxy) is 2. The van der Waals surface area contributed by atoms with Crippen LogP contribution in [0.2, 0.25) is 5.02 Å². The van der Waals surface area contributed by atoms with Crippen LogP contribution in [0.4, 0.5) is 0 Å². The number of ketones is 1. The third kappa shape index (κ3) is 5.92. The van der Waals surface area contributed by atoms with E-state index in [2.05, 4.69) is 15.0 Å². The van der Waals surface area contributed by atoms with Crippen molar-refractivity contribution in [1.29, 1.82) is 0 Å². The molecule has 174 valence electrons. The van der Waals surface area contributed by atoms with Gasteiger partial charge in [-0.2, -0.15) is 4.98 Å². The van der Waals surface area contributed by atoms with Gasteiger partial charge >= 0.3 is 0 Å². The van der Waals surface area contributed by atoms with Crippen molar-refractivity contribution < 1.29 is 18.8 Å². The highest BCUT2D eigenvalue weighted by Gasteiger charge is 2.18. The lowest BCUT2D eigenvalue weighted by molar-refractivity contribution is -0.117. The Morgan fingerprint density at radius 3 is 2.79 bits per heavy atom. The lowest BCUT2D eigenvalue weighted by Crippen LogP contribution is -2.27. The minimum atomic E-state index is 0.0337. The molecule has 0 spiro atoms. The molecule has 0 atom stereocenters. The molecule has 7 nitrogen and oxygen atoms in total. The van der Waals surface area contributed by atoms with Crippen LogP contribution in [0.15, 0.2) is 40.9 Å². The molecular formula is C25H28ClN3O4. The Morgan fingerprint density at radius 1 is 1.21 bits per heavy atom. The molecule has 3 aromatic rings. The summed E-state index contributed by atoms with van der Waals surface area (Å²) < 4.78 is 17.2. The van der Waals surface area contributed by atoms with Gasteiger partial charge in [-0.3, -0.25) is 4.90 Å². The maximum Gasteiger partial charge on any atom is 0.258 e. The molecule has 0 saturated carbocycles. The number of fused-ring (bicyclic) bond motifs is 1. The molecule has 0 bridgehead atoms. The molecule has 0 fully saturated rings. The normalized spacial score (nSPS) is 14.0. The van der Waals surface area contributed by atoms with E-state index in [0.29, 0.717) is 35.5 Å². The molecular weight excluding hydrogens is 442 g/mol. The van der Waals surface area contributed by atoms with Gasteiger partial charge in [0.25, 0.3) is 5.89 Å². The van der Waals surface area contributed by atoms with Crippen molar-refractivity contribution in [1.82, 2.24) is 15.0 Å². The average Bonchev–Trinajstić information content (AvgIpc) is 3.17. The van der Waals surface area contributed by atoms with Gasteiger partial charge in [-0.05, 0) is 58.0 Å².